The zero-order valence-corrected chi connectivity index (χ0v) is 21.2. The standard InChI is InChI=1S/C20H23Cl2N6O7P/c1-27(14(29)9-36(32,33)34)8-13-15(30)16(31)19(35-13)28-18-11(7-24-28)17(25-20(22)26-18)23-6-10-4-2-3-5-12(10)21/h2-5,7,13,15-16,19,30-31H,6,8-9H2,1H3,(H,23,25,26)(H2,32,33,34)/t13-,15-,16-,19-/m1/s1. The van der Waals surface area contributed by atoms with Crippen LogP contribution in [0.3, 0.4) is 0 Å². The van der Waals surface area contributed by atoms with Gasteiger partial charge in [-0.05, 0) is 23.2 Å². The second kappa shape index (κ2) is 10.6. The van der Waals surface area contributed by atoms with Crippen molar-refractivity contribution in [2.24, 2.45) is 0 Å². The predicted octanol–water partition coefficient (Wildman–Crippen LogP) is 1.00. The summed E-state index contributed by atoms with van der Waals surface area (Å²) in [7, 11) is -3.26. The zero-order chi connectivity index (χ0) is 26.2. The summed E-state index contributed by atoms with van der Waals surface area (Å²) in [5.41, 5.74) is 1.05. The topological polar surface area (TPSA) is 183 Å². The quantitative estimate of drug-likeness (QED) is 0.195. The zero-order valence-electron chi connectivity index (χ0n) is 18.8. The van der Waals surface area contributed by atoms with Gasteiger partial charge in [0.25, 0.3) is 0 Å². The van der Waals surface area contributed by atoms with E-state index in [2.05, 4.69) is 20.4 Å². The number of hydrogen-bond donors (Lipinski definition) is 5. The largest absolute Gasteiger partial charge is 0.387 e. The van der Waals surface area contributed by atoms with E-state index in [4.69, 9.17) is 37.7 Å². The third kappa shape index (κ3) is 5.79. The number of fused-ring (bicyclic) bond motifs is 1. The van der Waals surface area contributed by atoms with Gasteiger partial charge >= 0.3 is 7.60 Å². The van der Waals surface area contributed by atoms with Crippen LogP contribution >= 0.6 is 30.8 Å². The van der Waals surface area contributed by atoms with Crippen molar-refractivity contribution in [1.82, 2.24) is 24.6 Å². The lowest BCUT2D eigenvalue weighted by Crippen LogP contribution is -2.41. The van der Waals surface area contributed by atoms with Crippen molar-refractivity contribution in [2.45, 2.75) is 31.1 Å². The molecule has 0 unspecified atom stereocenters. The van der Waals surface area contributed by atoms with Gasteiger partial charge in [0.2, 0.25) is 11.2 Å². The number of nitrogens with one attached hydrogen (secondary N) is 1. The highest BCUT2D eigenvalue weighted by atomic mass is 35.5. The van der Waals surface area contributed by atoms with Crippen molar-refractivity contribution in [1.29, 1.82) is 0 Å². The first-order valence-corrected chi connectivity index (χ1v) is 13.2. The average Bonchev–Trinajstić information content (AvgIpc) is 3.33. The SMILES string of the molecule is CN(C[C@H]1O[C@@H](n2ncc3c(NCc4ccccc4Cl)nc(Cl)nc32)[C@H](O)[C@@H]1O)C(=O)CP(=O)(O)O. The summed E-state index contributed by atoms with van der Waals surface area (Å²) in [5, 5.41) is 29.5. The predicted molar refractivity (Wildman–Crippen MR) is 130 cm³/mol. The Bertz CT molecular complexity index is 1320. The summed E-state index contributed by atoms with van der Waals surface area (Å²) >= 11 is 12.3. The van der Waals surface area contributed by atoms with Crippen LogP contribution in [0.1, 0.15) is 11.8 Å². The molecular formula is C20H23Cl2N6O7P. The number of halogens is 2. The van der Waals surface area contributed by atoms with Crippen LogP contribution in [0.15, 0.2) is 30.5 Å². The molecule has 2 aromatic heterocycles. The first kappa shape index (κ1) is 26.7. The van der Waals surface area contributed by atoms with Crippen LogP contribution in [0.4, 0.5) is 5.82 Å². The van der Waals surface area contributed by atoms with Gasteiger partial charge in [-0.25, -0.2) is 4.68 Å². The molecule has 1 aromatic carbocycles. The maximum absolute atomic E-state index is 12.0. The number of amides is 1. The van der Waals surface area contributed by atoms with E-state index < -0.39 is 44.2 Å². The van der Waals surface area contributed by atoms with Gasteiger partial charge in [-0.2, -0.15) is 15.1 Å². The molecule has 5 N–H and O–H groups in total. The van der Waals surface area contributed by atoms with Gasteiger partial charge in [0.15, 0.2) is 11.9 Å². The Morgan fingerprint density at radius 1 is 1.22 bits per heavy atom. The first-order chi connectivity index (χ1) is 16.9. The Hall–Kier alpha value is -2.35. The molecule has 0 aliphatic carbocycles. The van der Waals surface area contributed by atoms with Gasteiger partial charge < -0.3 is 35.0 Å². The molecule has 13 nitrogen and oxygen atoms in total. The van der Waals surface area contributed by atoms with Gasteiger partial charge in [0.05, 0.1) is 11.6 Å². The van der Waals surface area contributed by atoms with Gasteiger partial charge in [-0.1, -0.05) is 29.8 Å². The Kier molecular flexibility index (Phi) is 7.83. The summed E-state index contributed by atoms with van der Waals surface area (Å²) < 4.78 is 18.1. The number of aliphatic hydroxyl groups excluding tert-OH is 2. The number of rotatable bonds is 8. The third-order valence-electron chi connectivity index (χ3n) is 5.63. The fourth-order valence-electron chi connectivity index (χ4n) is 3.79. The fraction of sp³-hybridized carbons (Fsp3) is 0.400. The highest BCUT2D eigenvalue weighted by molar-refractivity contribution is 7.52. The molecule has 4 atom stereocenters. The lowest BCUT2D eigenvalue weighted by Gasteiger charge is -2.23. The average molecular weight is 561 g/mol. The van der Waals surface area contributed by atoms with E-state index in [1.807, 2.05) is 18.2 Å². The molecule has 4 rings (SSSR count). The van der Waals surface area contributed by atoms with Crippen molar-refractivity contribution >= 4 is 53.6 Å². The van der Waals surface area contributed by atoms with E-state index in [1.54, 1.807) is 6.07 Å². The van der Waals surface area contributed by atoms with Gasteiger partial charge in [0.1, 0.15) is 30.3 Å². The van der Waals surface area contributed by atoms with Gasteiger partial charge in [0, 0.05) is 25.2 Å². The normalized spacial score (nSPS) is 22.2. The number of anilines is 1. The van der Waals surface area contributed by atoms with Crippen LogP contribution in [-0.2, 0) is 20.6 Å². The summed E-state index contributed by atoms with van der Waals surface area (Å²) in [4.78, 5) is 39.5. The number of carbonyl (C=O) groups is 1. The van der Waals surface area contributed by atoms with Crippen LogP contribution in [0, 0.1) is 0 Å². The number of hydrogen-bond acceptors (Lipinski definition) is 9. The number of ether oxygens (including phenoxy) is 1. The smallest absolute Gasteiger partial charge is 0.334 e. The molecule has 1 aliphatic heterocycles. The van der Waals surface area contributed by atoms with Crippen LogP contribution in [-0.4, -0.2) is 88.6 Å². The Morgan fingerprint density at radius 2 is 1.94 bits per heavy atom. The van der Waals surface area contributed by atoms with Crippen LogP contribution in [0.2, 0.25) is 10.3 Å². The Morgan fingerprint density at radius 3 is 2.64 bits per heavy atom. The molecule has 1 amide bonds. The summed E-state index contributed by atoms with van der Waals surface area (Å²) in [5.74, 6) is -0.473. The molecule has 36 heavy (non-hydrogen) atoms. The molecule has 0 bridgehead atoms. The molecule has 3 aromatic rings. The van der Waals surface area contributed by atoms with Crippen LogP contribution in [0.5, 0.6) is 0 Å². The van der Waals surface area contributed by atoms with Gasteiger partial charge in [-0.15, -0.1) is 0 Å². The number of carbonyl (C=O) groups excluding carboxylic acids is 1. The highest BCUT2D eigenvalue weighted by Gasteiger charge is 2.45. The minimum atomic E-state index is -4.56. The number of likely N-dealkylation sites (N-methyl/N-ethyl adjacent to an activating group) is 1. The Labute approximate surface area is 214 Å². The molecule has 1 fully saturated rings. The van der Waals surface area contributed by atoms with E-state index in [1.165, 1.54) is 17.9 Å². The fourth-order valence-corrected chi connectivity index (χ4v) is 4.75. The molecule has 3 heterocycles. The minimum Gasteiger partial charge on any atom is -0.387 e. The Balaban J connectivity index is 1.54. The van der Waals surface area contributed by atoms with Crippen molar-refractivity contribution < 1.29 is 34.1 Å². The monoisotopic (exact) mass is 560 g/mol. The van der Waals surface area contributed by atoms with Crippen molar-refractivity contribution in [3.8, 4) is 0 Å². The molecule has 194 valence electrons. The molecule has 0 saturated carbocycles. The van der Waals surface area contributed by atoms with Crippen molar-refractivity contribution in [2.75, 3.05) is 25.1 Å². The van der Waals surface area contributed by atoms with E-state index in [9.17, 15) is 19.6 Å². The van der Waals surface area contributed by atoms with E-state index in [-0.39, 0.29) is 17.5 Å². The third-order valence-corrected chi connectivity index (χ3v) is 6.85. The van der Waals surface area contributed by atoms with Crippen LogP contribution < -0.4 is 5.32 Å². The first-order valence-electron chi connectivity index (χ1n) is 10.6. The number of aliphatic hydroxyl groups is 2. The molecule has 1 aliphatic rings. The lowest BCUT2D eigenvalue weighted by atomic mass is 10.1. The second-order valence-electron chi connectivity index (χ2n) is 8.26. The molecule has 1 saturated heterocycles. The minimum absolute atomic E-state index is 0.0988. The number of benzene rings is 1. The summed E-state index contributed by atoms with van der Waals surface area (Å²) in [6.45, 7) is 0.110. The van der Waals surface area contributed by atoms with E-state index >= 15 is 0 Å². The number of nitrogens with zero attached hydrogens (tertiary/aromatic N) is 5. The maximum atomic E-state index is 12.0. The lowest BCUT2D eigenvalue weighted by molar-refractivity contribution is -0.130. The molecule has 0 spiro atoms. The van der Waals surface area contributed by atoms with Gasteiger partial charge in [-0.3, -0.25) is 9.36 Å². The summed E-state index contributed by atoms with van der Waals surface area (Å²) in [6, 6.07) is 7.28. The second-order valence-corrected chi connectivity index (χ2v) is 10.6. The van der Waals surface area contributed by atoms with Crippen molar-refractivity contribution in [3.05, 3.63) is 46.3 Å². The van der Waals surface area contributed by atoms with E-state index in [0.29, 0.717) is 22.8 Å². The number of aromatic nitrogens is 4. The molecular weight excluding hydrogens is 538 g/mol. The molecule has 16 heteroatoms. The van der Waals surface area contributed by atoms with Crippen LogP contribution in [0.25, 0.3) is 11.0 Å². The maximum Gasteiger partial charge on any atom is 0.334 e. The van der Waals surface area contributed by atoms with E-state index in [0.717, 1.165) is 10.5 Å². The molecule has 0 radical (unpaired) electrons. The summed E-state index contributed by atoms with van der Waals surface area (Å²) in [6.07, 6.45) is -4.65. The van der Waals surface area contributed by atoms with Crippen molar-refractivity contribution in [3.63, 3.8) is 0 Å². The highest BCUT2D eigenvalue weighted by Crippen LogP contribution is 2.35.